The van der Waals surface area contributed by atoms with E-state index in [2.05, 4.69) is 45.1 Å². The molecule has 0 amide bonds. The fourth-order valence-corrected chi connectivity index (χ4v) is 2.77. The average molecular weight is 242 g/mol. The highest BCUT2D eigenvalue weighted by Crippen LogP contribution is 2.18. The molecule has 0 aromatic rings. The van der Waals surface area contributed by atoms with E-state index in [1.807, 2.05) is 0 Å². The summed E-state index contributed by atoms with van der Waals surface area (Å²) >= 11 is 0. The maximum absolute atomic E-state index is 5.61. The summed E-state index contributed by atoms with van der Waals surface area (Å²) in [4.78, 5) is 2.49. The van der Waals surface area contributed by atoms with Crippen LogP contribution in [0.3, 0.4) is 0 Å². The molecule has 1 aliphatic heterocycles. The smallest absolute Gasteiger partial charge is 0.0521 e. The van der Waals surface area contributed by atoms with Crippen molar-refractivity contribution < 1.29 is 4.74 Å². The van der Waals surface area contributed by atoms with Gasteiger partial charge in [0.1, 0.15) is 0 Å². The second kappa shape index (κ2) is 7.34. The highest BCUT2D eigenvalue weighted by molar-refractivity contribution is 4.81. The fourth-order valence-electron chi connectivity index (χ4n) is 2.77. The van der Waals surface area contributed by atoms with E-state index in [0.29, 0.717) is 18.0 Å². The van der Waals surface area contributed by atoms with Crippen molar-refractivity contribution in [2.45, 2.75) is 45.7 Å². The summed E-state index contributed by atoms with van der Waals surface area (Å²) in [6.45, 7) is 9.88. The average Bonchev–Trinajstić information content (AvgIpc) is 2.28. The molecule has 1 aliphatic rings. The molecular weight excluding hydrogens is 212 g/mol. The summed E-state index contributed by atoms with van der Waals surface area (Å²) in [6.07, 6.45) is 2.42. The topological polar surface area (TPSA) is 24.5 Å². The summed E-state index contributed by atoms with van der Waals surface area (Å²) in [7, 11) is 4.31. The van der Waals surface area contributed by atoms with Crippen molar-refractivity contribution in [1.29, 1.82) is 0 Å². The van der Waals surface area contributed by atoms with Crippen molar-refractivity contribution in [1.82, 2.24) is 10.2 Å². The first-order valence-corrected chi connectivity index (χ1v) is 6.99. The minimum absolute atomic E-state index is 0.623. The molecule has 1 heterocycles. The van der Waals surface area contributed by atoms with Gasteiger partial charge in [0.2, 0.25) is 0 Å². The fraction of sp³-hybridized carbons (Fsp3) is 1.00. The highest BCUT2D eigenvalue weighted by atomic mass is 16.5. The molecule has 0 aromatic carbocycles. The quantitative estimate of drug-likeness (QED) is 0.771. The van der Waals surface area contributed by atoms with Crippen molar-refractivity contribution in [3.8, 4) is 0 Å². The Kier molecular flexibility index (Phi) is 6.45. The first-order chi connectivity index (χ1) is 8.04. The third-order valence-corrected chi connectivity index (χ3v) is 3.93. The minimum atomic E-state index is 0.623. The Hall–Kier alpha value is -0.120. The van der Waals surface area contributed by atoms with Crippen LogP contribution in [0.2, 0.25) is 0 Å². The molecule has 17 heavy (non-hydrogen) atoms. The van der Waals surface area contributed by atoms with Crippen LogP contribution in [0.1, 0.15) is 33.6 Å². The van der Waals surface area contributed by atoms with Gasteiger partial charge in [-0.1, -0.05) is 13.8 Å². The molecule has 0 spiro atoms. The zero-order valence-electron chi connectivity index (χ0n) is 12.2. The standard InChI is InChI=1S/C14H30N2O/c1-11(2)8-12(3)16(5)9-13-10-17-7-6-14(13)15-4/h11-15H,6-10H2,1-5H3. The SMILES string of the molecule is CNC1CCOCC1CN(C)C(C)CC(C)C. The highest BCUT2D eigenvalue weighted by Gasteiger charge is 2.26. The van der Waals surface area contributed by atoms with Crippen molar-refractivity contribution in [2.24, 2.45) is 11.8 Å². The summed E-state index contributed by atoms with van der Waals surface area (Å²) in [5.74, 6) is 1.41. The lowest BCUT2D eigenvalue weighted by atomic mass is 9.94. The Morgan fingerprint density at radius 2 is 2.06 bits per heavy atom. The van der Waals surface area contributed by atoms with Gasteiger partial charge in [0, 0.05) is 31.2 Å². The third-order valence-electron chi connectivity index (χ3n) is 3.93. The van der Waals surface area contributed by atoms with Gasteiger partial charge in [-0.05, 0) is 39.8 Å². The molecule has 1 saturated heterocycles. The van der Waals surface area contributed by atoms with E-state index in [1.54, 1.807) is 0 Å². The molecule has 1 N–H and O–H groups in total. The van der Waals surface area contributed by atoms with Crippen LogP contribution in [0.4, 0.5) is 0 Å². The van der Waals surface area contributed by atoms with E-state index in [1.165, 1.54) is 6.42 Å². The Morgan fingerprint density at radius 1 is 1.35 bits per heavy atom. The Morgan fingerprint density at radius 3 is 2.65 bits per heavy atom. The molecule has 3 unspecified atom stereocenters. The number of nitrogens with zero attached hydrogens (tertiary/aromatic N) is 1. The van der Waals surface area contributed by atoms with Gasteiger partial charge in [-0.2, -0.15) is 0 Å². The van der Waals surface area contributed by atoms with Gasteiger partial charge in [0.25, 0.3) is 0 Å². The van der Waals surface area contributed by atoms with Gasteiger partial charge in [0.05, 0.1) is 6.61 Å². The molecule has 0 radical (unpaired) electrons. The van der Waals surface area contributed by atoms with Crippen LogP contribution in [-0.2, 0) is 4.74 Å². The summed E-state index contributed by atoms with van der Waals surface area (Å²) in [5, 5.41) is 3.43. The Balaban J connectivity index is 2.39. The van der Waals surface area contributed by atoms with Crippen LogP contribution >= 0.6 is 0 Å². The van der Waals surface area contributed by atoms with Crippen LogP contribution in [0.5, 0.6) is 0 Å². The van der Waals surface area contributed by atoms with Crippen molar-refractivity contribution >= 4 is 0 Å². The normalized spacial score (nSPS) is 27.7. The molecular formula is C14H30N2O. The molecule has 0 aromatic heterocycles. The summed E-state index contributed by atoms with van der Waals surface area (Å²) in [5.41, 5.74) is 0. The van der Waals surface area contributed by atoms with Crippen LogP contribution < -0.4 is 5.32 Å². The first kappa shape index (κ1) is 14.9. The number of ether oxygens (including phenoxy) is 1. The van der Waals surface area contributed by atoms with Gasteiger partial charge >= 0.3 is 0 Å². The maximum atomic E-state index is 5.61. The maximum Gasteiger partial charge on any atom is 0.0521 e. The predicted octanol–water partition coefficient (Wildman–Crippen LogP) is 1.98. The monoisotopic (exact) mass is 242 g/mol. The van der Waals surface area contributed by atoms with Gasteiger partial charge < -0.3 is 15.0 Å². The molecule has 3 nitrogen and oxygen atoms in total. The largest absolute Gasteiger partial charge is 0.381 e. The van der Waals surface area contributed by atoms with E-state index >= 15 is 0 Å². The summed E-state index contributed by atoms with van der Waals surface area (Å²) in [6, 6.07) is 1.28. The summed E-state index contributed by atoms with van der Waals surface area (Å²) < 4.78 is 5.61. The molecule has 3 atom stereocenters. The van der Waals surface area contributed by atoms with Crippen LogP contribution in [-0.4, -0.2) is 50.8 Å². The van der Waals surface area contributed by atoms with Gasteiger partial charge in [-0.3, -0.25) is 0 Å². The first-order valence-electron chi connectivity index (χ1n) is 6.99. The Bertz CT molecular complexity index is 208. The van der Waals surface area contributed by atoms with E-state index in [4.69, 9.17) is 4.74 Å². The van der Waals surface area contributed by atoms with Crippen LogP contribution in [0, 0.1) is 11.8 Å². The lowest BCUT2D eigenvalue weighted by molar-refractivity contribution is 0.0162. The van der Waals surface area contributed by atoms with Gasteiger partial charge in [0.15, 0.2) is 0 Å². The molecule has 0 saturated carbocycles. The third kappa shape index (κ3) is 4.94. The van der Waals surface area contributed by atoms with Crippen molar-refractivity contribution in [3.05, 3.63) is 0 Å². The lowest BCUT2D eigenvalue weighted by Gasteiger charge is -2.36. The van der Waals surface area contributed by atoms with E-state index < -0.39 is 0 Å². The molecule has 1 fully saturated rings. The second-order valence-corrected chi connectivity index (χ2v) is 5.94. The van der Waals surface area contributed by atoms with Crippen LogP contribution in [0.25, 0.3) is 0 Å². The van der Waals surface area contributed by atoms with Gasteiger partial charge in [-0.25, -0.2) is 0 Å². The molecule has 3 heteroatoms. The number of nitrogens with one attached hydrogen (secondary N) is 1. The molecule has 0 bridgehead atoms. The number of hydrogen-bond donors (Lipinski definition) is 1. The predicted molar refractivity (Wildman–Crippen MR) is 73.3 cm³/mol. The van der Waals surface area contributed by atoms with E-state index in [9.17, 15) is 0 Å². The zero-order chi connectivity index (χ0) is 12.8. The number of rotatable bonds is 6. The zero-order valence-corrected chi connectivity index (χ0v) is 12.2. The van der Waals surface area contributed by atoms with E-state index in [0.717, 1.165) is 32.1 Å². The molecule has 102 valence electrons. The van der Waals surface area contributed by atoms with Crippen molar-refractivity contribution in [2.75, 3.05) is 33.9 Å². The van der Waals surface area contributed by atoms with Crippen LogP contribution in [0.15, 0.2) is 0 Å². The Labute approximate surface area is 107 Å². The molecule has 0 aliphatic carbocycles. The van der Waals surface area contributed by atoms with Crippen molar-refractivity contribution in [3.63, 3.8) is 0 Å². The minimum Gasteiger partial charge on any atom is -0.381 e. The second-order valence-electron chi connectivity index (χ2n) is 5.94. The van der Waals surface area contributed by atoms with Gasteiger partial charge in [-0.15, -0.1) is 0 Å². The lowest BCUT2D eigenvalue weighted by Crippen LogP contribution is -2.47. The molecule has 1 rings (SSSR count). The number of hydrogen-bond acceptors (Lipinski definition) is 3. The van der Waals surface area contributed by atoms with E-state index in [-0.39, 0.29) is 0 Å².